The van der Waals surface area contributed by atoms with Crippen LogP contribution in [0.2, 0.25) is 5.04 Å². The fourth-order valence-electron chi connectivity index (χ4n) is 4.95. The van der Waals surface area contributed by atoms with E-state index in [4.69, 9.17) is 11.0 Å². The third kappa shape index (κ3) is 5.01. The highest BCUT2D eigenvalue weighted by atomic mass is 127. The molecule has 180 valence electrons. The van der Waals surface area contributed by atoms with Crippen molar-refractivity contribution < 1.29 is 4.43 Å². The summed E-state index contributed by atoms with van der Waals surface area (Å²) in [5.74, 6) is 0.929. The van der Waals surface area contributed by atoms with Crippen LogP contribution in [0.4, 0.5) is 5.82 Å². The molecular formula is C29H30BrIN2OSi. The van der Waals surface area contributed by atoms with Gasteiger partial charge in [-0.1, -0.05) is 133 Å². The lowest BCUT2D eigenvalue weighted by atomic mass is 10.2. The molecule has 1 atom stereocenters. The maximum Gasteiger partial charge on any atom is 0.261 e. The Hall–Kier alpha value is -1.92. The zero-order valence-electron chi connectivity index (χ0n) is 20.6. The predicted molar refractivity (Wildman–Crippen MR) is 161 cm³/mol. The zero-order chi connectivity index (χ0) is 25.2. The normalized spacial score (nSPS) is 13.1. The SMILES string of the molecule is [C-]#[N+]c1c(I)c2ccc(Br)cc2n1C[C@H](C)CO[Si](c1ccccc1)(c1ccccc1)C(C)(C)C. The van der Waals surface area contributed by atoms with Gasteiger partial charge in [-0.05, 0) is 33.6 Å². The van der Waals surface area contributed by atoms with Crippen LogP contribution in [-0.2, 0) is 11.0 Å². The van der Waals surface area contributed by atoms with E-state index in [9.17, 15) is 0 Å². The van der Waals surface area contributed by atoms with Gasteiger partial charge in [0, 0.05) is 26.0 Å². The molecule has 0 saturated heterocycles. The molecule has 0 aliphatic rings. The fraction of sp³-hybridized carbons (Fsp3) is 0.276. The fourth-order valence-corrected chi connectivity index (χ4v) is 10.9. The summed E-state index contributed by atoms with van der Waals surface area (Å²) in [5.41, 5.74) is 1.09. The van der Waals surface area contributed by atoms with Crippen LogP contribution in [0, 0.1) is 16.1 Å². The maximum atomic E-state index is 7.83. The Balaban J connectivity index is 1.71. The summed E-state index contributed by atoms with van der Waals surface area (Å²) in [5, 5.41) is 3.65. The van der Waals surface area contributed by atoms with Gasteiger partial charge in [0.25, 0.3) is 8.32 Å². The van der Waals surface area contributed by atoms with E-state index in [-0.39, 0.29) is 11.0 Å². The molecule has 0 amide bonds. The van der Waals surface area contributed by atoms with Crippen LogP contribution in [-0.4, -0.2) is 19.5 Å². The number of halogens is 2. The molecule has 0 unspecified atom stereocenters. The van der Waals surface area contributed by atoms with Crippen molar-refractivity contribution in [3.8, 4) is 0 Å². The lowest BCUT2D eigenvalue weighted by molar-refractivity contribution is 0.232. The summed E-state index contributed by atoms with van der Waals surface area (Å²) in [6.07, 6.45) is 0. The second-order valence-electron chi connectivity index (χ2n) is 10.1. The first-order chi connectivity index (χ1) is 16.7. The van der Waals surface area contributed by atoms with E-state index in [2.05, 4.69) is 148 Å². The van der Waals surface area contributed by atoms with Crippen molar-refractivity contribution in [3.63, 3.8) is 0 Å². The number of fused-ring (bicyclic) bond motifs is 1. The summed E-state index contributed by atoms with van der Waals surface area (Å²) in [7, 11) is -2.59. The van der Waals surface area contributed by atoms with Crippen LogP contribution in [0.5, 0.6) is 0 Å². The van der Waals surface area contributed by atoms with Gasteiger partial charge >= 0.3 is 0 Å². The lowest BCUT2D eigenvalue weighted by Crippen LogP contribution is -2.66. The number of rotatable bonds is 7. The second-order valence-corrected chi connectivity index (χ2v) is 16.4. The first-order valence-corrected chi connectivity index (χ1v) is 15.6. The molecular weight excluding hydrogens is 627 g/mol. The van der Waals surface area contributed by atoms with Crippen molar-refractivity contribution in [1.29, 1.82) is 0 Å². The van der Waals surface area contributed by atoms with E-state index in [0.717, 1.165) is 25.5 Å². The number of hydrogen-bond acceptors (Lipinski definition) is 1. The van der Waals surface area contributed by atoms with Gasteiger partial charge in [0.1, 0.15) is 5.52 Å². The molecule has 6 heteroatoms. The average Bonchev–Trinajstić information content (AvgIpc) is 3.09. The monoisotopic (exact) mass is 656 g/mol. The van der Waals surface area contributed by atoms with Gasteiger partial charge in [0.2, 0.25) is 5.82 Å². The molecule has 4 rings (SSSR count). The Morgan fingerprint density at radius 3 is 2.09 bits per heavy atom. The molecule has 1 heterocycles. The van der Waals surface area contributed by atoms with Crippen molar-refractivity contribution in [2.45, 2.75) is 39.3 Å². The summed E-state index contributed by atoms with van der Waals surface area (Å²) in [6.45, 7) is 18.3. The van der Waals surface area contributed by atoms with E-state index in [1.807, 2.05) is 6.07 Å². The van der Waals surface area contributed by atoms with Crippen molar-refractivity contribution in [2.24, 2.45) is 5.92 Å². The predicted octanol–water partition coefficient (Wildman–Crippen LogP) is 7.77. The van der Waals surface area contributed by atoms with Gasteiger partial charge in [0.05, 0.1) is 6.54 Å². The molecule has 3 nitrogen and oxygen atoms in total. The summed E-state index contributed by atoms with van der Waals surface area (Å²) >= 11 is 5.91. The van der Waals surface area contributed by atoms with Gasteiger partial charge in [-0.2, -0.15) is 0 Å². The van der Waals surface area contributed by atoms with Crippen LogP contribution < -0.4 is 10.4 Å². The van der Waals surface area contributed by atoms with Crippen LogP contribution in [0.15, 0.2) is 83.3 Å². The number of hydrogen-bond donors (Lipinski definition) is 0. The first-order valence-electron chi connectivity index (χ1n) is 11.8. The average molecular weight is 657 g/mol. The zero-order valence-corrected chi connectivity index (χ0v) is 25.3. The quantitative estimate of drug-likeness (QED) is 0.113. The van der Waals surface area contributed by atoms with Crippen LogP contribution in [0.25, 0.3) is 15.7 Å². The third-order valence-corrected chi connectivity index (χ3v) is 13.1. The summed E-state index contributed by atoms with van der Waals surface area (Å²) < 4.78 is 11.3. The maximum absolute atomic E-state index is 7.83. The Morgan fingerprint density at radius 2 is 1.57 bits per heavy atom. The smallest absolute Gasteiger partial charge is 0.261 e. The van der Waals surface area contributed by atoms with Crippen molar-refractivity contribution in [2.75, 3.05) is 6.61 Å². The van der Waals surface area contributed by atoms with E-state index in [1.54, 1.807) is 0 Å². The molecule has 0 aliphatic carbocycles. The minimum Gasteiger partial charge on any atom is -0.407 e. The van der Waals surface area contributed by atoms with E-state index >= 15 is 0 Å². The van der Waals surface area contributed by atoms with Crippen molar-refractivity contribution in [3.05, 3.63) is 98.3 Å². The van der Waals surface area contributed by atoms with E-state index in [1.165, 1.54) is 10.4 Å². The van der Waals surface area contributed by atoms with Crippen molar-refractivity contribution >= 4 is 73.9 Å². The van der Waals surface area contributed by atoms with Crippen LogP contribution >= 0.6 is 38.5 Å². The number of aromatic nitrogens is 1. The molecule has 0 fully saturated rings. The van der Waals surface area contributed by atoms with Crippen molar-refractivity contribution in [1.82, 2.24) is 4.57 Å². The van der Waals surface area contributed by atoms with Gasteiger partial charge in [0.15, 0.2) is 0 Å². The molecule has 0 bridgehead atoms. The van der Waals surface area contributed by atoms with Crippen LogP contribution in [0.1, 0.15) is 27.7 Å². The second kappa shape index (κ2) is 10.6. The molecule has 0 radical (unpaired) electrons. The Morgan fingerprint density at radius 1 is 1.00 bits per heavy atom. The summed E-state index contributed by atoms with van der Waals surface area (Å²) in [4.78, 5) is 3.89. The minimum atomic E-state index is -2.59. The first kappa shape index (κ1) is 26.1. The van der Waals surface area contributed by atoms with Gasteiger partial charge < -0.3 is 9.27 Å². The molecule has 3 aromatic carbocycles. The highest BCUT2D eigenvalue weighted by Gasteiger charge is 2.50. The molecule has 0 aliphatic heterocycles. The molecule has 0 saturated carbocycles. The topological polar surface area (TPSA) is 18.5 Å². The standard InChI is InChI=1S/C29H30BrIN2OSi/c1-21(19-33-26-18-22(30)16-17-25(26)27(31)28(33)32-5)20-34-35(29(2,3)4,23-12-8-6-9-13-23)24-14-10-7-11-15-24/h6-18,21H,19-20H2,1-4H3/t21-/m0/s1. The molecule has 0 spiro atoms. The third-order valence-electron chi connectivity index (χ3n) is 6.54. The number of benzene rings is 3. The highest BCUT2D eigenvalue weighted by Crippen LogP contribution is 2.38. The molecule has 35 heavy (non-hydrogen) atoms. The lowest BCUT2D eigenvalue weighted by Gasteiger charge is -2.43. The highest BCUT2D eigenvalue weighted by molar-refractivity contribution is 14.1. The number of nitrogens with zero attached hydrogens (tertiary/aromatic N) is 2. The molecule has 0 N–H and O–H groups in total. The van der Waals surface area contributed by atoms with E-state index < -0.39 is 8.32 Å². The Kier molecular flexibility index (Phi) is 7.91. The Bertz CT molecular complexity index is 1320. The van der Waals surface area contributed by atoms with Gasteiger partial charge in [-0.3, -0.25) is 4.57 Å². The molecule has 1 aromatic heterocycles. The van der Waals surface area contributed by atoms with Gasteiger partial charge in [-0.25, -0.2) is 0 Å². The minimum absolute atomic E-state index is 0.0580. The van der Waals surface area contributed by atoms with Crippen LogP contribution in [0.3, 0.4) is 0 Å². The van der Waals surface area contributed by atoms with E-state index in [0.29, 0.717) is 12.4 Å². The Labute approximate surface area is 231 Å². The molecule has 4 aromatic rings. The van der Waals surface area contributed by atoms with Gasteiger partial charge in [-0.15, -0.1) is 0 Å². The largest absolute Gasteiger partial charge is 0.407 e. The summed E-state index contributed by atoms with van der Waals surface area (Å²) in [6, 6.07) is 27.8.